The van der Waals surface area contributed by atoms with Crippen LogP contribution in [0.1, 0.15) is 12.0 Å². The number of methoxy groups -OCH3 is 2. The lowest BCUT2D eigenvalue weighted by atomic mass is 10.1. The van der Waals surface area contributed by atoms with Gasteiger partial charge in [-0.3, -0.25) is 0 Å². The SMILES string of the molecule is COCCCN(CCOC)c1ccc(C(N)=NO)c(Cl)c1. The summed E-state index contributed by atoms with van der Waals surface area (Å²) in [6, 6.07) is 5.43. The van der Waals surface area contributed by atoms with Gasteiger partial charge in [0, 0.05) is 45.2 Å². The summed E-state index contributed by atoms with van der Waals surface area (Å²) in [7, 11) is 3.35. The third-order valence-electron chi connectivity index (χ3n) is 3.04. The molecular formula is C14H22ClN3O3. The summed E-state index contributed by atoms with van der Waals surface area (Å²) in [5.41, 5.74) is 7.03. The summed E-state index contributed by atoms with van der Waals surface area (Å²) in [6.07, 6.45) is 0.903. The summed E-state index contributed by atoms with van der Waals surface area (Å²) >= 11 is 6.19. The number of oxime groups is 1. The van der Waals surface area contributed by atoms with Gasteiger partial charge in [-0.05, 0) is 24.6 Å². The summed E-state index contributed by atoms with van der Waals surface area (Å²) in [6.45, 7) is 2.89. The number of hydrogen-bond acceptors (Lipinski definition) is 5. The summed E-state index contributed by atoms with van der Waals surface area (Å²) in [4.78, 5) is 2.16. The summed E-state index contributed by atoms with van der Waals surface area (Å²) in [5, 5.41) is 12.1. The average molecular weight is 316 g/mol. The number of ether oxygens (including phenoxy) is 2. The Morgan fingerprint density at radius 3 is 2.57 bits per heavy atom. The molecule has 0 aliphatic carbocycles. The van der Waals surface area contributed by atoms with Gasteiger partial charge >= 0.3 is 0 Å². The Morgan fingerprint density at radius 1 is 1.29 bits per heavy atom. The predicted octanol–water partition coefficient (Wildman–Crippen LogP) is 1.92. The standard InChI is InChI=1S/C14H22ClN3O3/c1-20-8-3-6-18(7-9-21-2)11-4-5-12(13(15)10-11)14(16)17-19/h4-5,10,19H,3,6-9H2,1-2H3,(H2,16,17). The second-order valence-corrected chi connectivity index (χ2v) is 4.88. The lowest BCUT2D eigenvalue weighted by Gasteiger charge is -2.25. The molecule has 7 heteroatoms. The predicted molar refractivity (Wildman–Crippen MR) is 84.5 cm³/mol. The van der Waals surface area contributed by atoms with Crippen molar-refractivity contribution in [1.82, 2.24) is 0 Å². The second kappa shape index (κ2) is 9.44. The van der Waals surface area contributed by atoms with Gasteiger partial charge < -0.3 is 25.3 Å². The van der Waals surface area contributed by atoms with Crippen LogP contribution in [0.25, 0.3) is 0 Å². The molecule has 0 aliphatic heterocycles. The first kappa shape index (κ1) is 17.6. The van der Waals surface area contributed by atoms with E-state index in [1.54, 1.807) is 26.4 Å². The highest BCUT2D eigenvalue weighted by Gasteiger charge is 2.11. The minimum absolute atomic E-state index is 0.00521. The van der Waals surface area contributed by atoms with Crippen LogP contribution in [0.2, 0.25) is 5.02 Å². The average Bonchev–Trinajstić information content (AvgIpc) is 2.50. The highest BCUT2D eigenvalue weighted by Crippen LogP contribution is 2.24. The van der Waals surface area contributed by atoms with Crippen molar-refractivity contribution in [2.75, 3.05) is 45.4 Å². The molecule has 0 amide bonds. The molecule has 0 saturated heterocycles. The maximum absolute atomic E-state index is 8.71. The van der Waals surface area contributed by atoms with Gasteiger partial charge in [0.15, 0.2) is 5.84 Å². The molecule has 1 rings (SSSR count). The van der Waals surface area contributed by atoms with Crippen molar-refractivity contribution in [2.24, 2.45) is 10.9 Å². The largest absolute Gasteiger partial charge is 0.409 e. The van der Waals surface area contributed by atoms with Crippen molar-refractivity contribution in [2.45, 2.75) is 6.42 Å². The van der Waals surface area contributed by atoms with Crippen LogP contribution in [0.15, 0.2) is 23.4 Å². The van der Waals surface area contributed by atoms with Gasteiger partial charge in [0.1, 0.15) is 0 Å². The Balaban J connectivity index is 2.88. The fourth-order valence-corrected chi connectivity index (χ4v) is 2.21. The zero-order valence-corrected chi connectivity index (χ0v) is 13.1. The molecule has 0 radical (unpaired) electrons. The minimum atomic E-state index is -0.00521. The molecule has 1 aromatic carbocycles. The van der Waals surface area contributed by atoms with Gasteiger partial charge in [0.2, 0.25) is 0 Å². The number of amidine groups is 1. The quantitative estimate of drug-likeness (QED) is 0.239. The molecule has 0 bridgehead atoms. The smallest absolute Gasteiger partial charge is 0.171 e. The van der Waals surface area contributed by atoms with E-state index in [1.165, 1.54) is 0 Å². The first-order valence-corrected chi connectivity index (χ1v) is 7.02. The topological polar surface area (TPSA) is 80.3 Å². The van der Waals surface area contributed by atoms with Gasteiger partial charge in [-0.2, -0.15) is 0 Å². The van der Waals surface area contributed by atoms with Crippen LogP contribution >= 0.6 is 11.6 Å². The molecule has 0 fully saturated rings. The number of benzene rings is 1. The minimum Gasteiger partial charge on any atom is -0.409 e. The van der Waals surface area contributed by atoms with Gasteiger partial charge in [0.05, 0.1) is 11.6 Å². The molecule has 0 spiro atoms. The second-order valence-electron chi connectivity index (χ2n) is 4.48. The molecule has 0 unspecified atom stereocenters. The third-order valence-corrected chi connectivity index (χ3v) is 3.36. The molecule has 6 nitrogen and oxygen atoms in total. The van der Waals surface area contributed by atoms with Crippen LogP contribution in [-0.2, 0) is 9.47 Å². The number of nitrogens with two attached hydrogens (primary N) is 1. The molecule has 0 atom stereocenters. The fourth-order valence-electron chi connectivity index (χ4n) is 1.93. The van der Waals surface area contributed by atoms with Gasteiger partial charge in [-0.25, -0.2) is 0 Å². The van der Waals surface area contributed by atoms with Gasteiger partial charge in [-0.15, -0.1) is 0 Å². The zero-order chi connectivity index (χ0) is 15.7. The van der Waals surface area contributed by atoms with Crippen molar-refractivity contribution in [3.63, 3.8) is 0 Å². The van der Waals surface area contributed by atoms with E-state index >= 15 is 0 Å². The molecule has 21 heavy (non-hydrogen) atoms. The van der Waals surface area contributed by atoms with Crippen molar-refractivity contribution in [3.8, 4) is 0 Å². The van der Waals surface area contributed by atoms with Gasteiger partial charge in [0.25, 0.3) is 0 Å². The van der Waals surface area contributed by atoms with E-state index in [9.17, 15) is 0 Å². The third kappa shape index (κ3) is 5.41. The molecule has 118 valence electrons. The van der Waals surface area contributed by atoms with Gasteiger partial charge in [-0.1, -0.05) is 16.8 Å². The Kier molecular flexibility index (Phi) is 7.89. The molecule has 0 heterocycles. The van der Waals surface area contributed by atoms with Crippen LogP contribution in [0.5, 0.6) is 0 Å². The number of nitrogens with zero attached hydrogens (tertiary/aromatic N) is 2. The summed E-state index contributed by atoms with van der Waals surface area (Å²) < 4.78 is 10.2. The van der Waals surface area contributed by atoms with E-state index in [0.29, 0.717) is 23.8 Å². The lowest BCUT2D eigenvalue weighted by molar-refractivity contribution is 0.191. The van der Waals surface area contributed by atoms with E-state index in [1.807, 2.05) is 6.07 Å². The van der Waals surface area contributed by atoms with Crippen LogP contribution < -0.4 is 10.6 Å². The van der Waals surface area contributed by atoms with Crippen LogP contribution in [0.4, 0.5) is 5.69 Å². The molecule has 0 aliphatic rings. The van der Waals surface area contributed by atoms with E-state index in [0.717, 1.165) is 25.2 Å². The van der Waals surface area contributed by atoms with E-state index in [2.05, 4.69) is 10.1 Å². The number of anilines is 1. The molecule has 3 N–H and O–H groups in total. The first-order valence-electron chi connectivity index (χ1n) is 6.64. The molecule has 0 saturated carbocycles. The Bertz CT molecular complexity index is 469. The number of hydrogen-bond donors (Lipinski definition) is 2. The number of halogens is 1. The van der Waals surface area contributed by atoms with Crippen molar-refractivity contribution in [1.29, 1.82) is 0 Å². The zero-order valence-electron chi connectivity index (χ0n) is 12.4. The maximum atomic E-state index is 8.71. The Labute approximate surface area is 130 Å². The first-order chi connectivity index (χ1) is 10.1. The Morgan fingerprint density at radius 2 is 2.00 bits per heavy atom. The van der Waals surface area contributed by atoms with Crippen LogP contribution in [-0.4, -0.2) is 51.6 Å². The van der Waals surface area contributed by atoms with Crippen molar-refractivity contribution < 1.29 is 14.7 Å². The van der Waals surface area contributed by atoms with Crippen molar-refractivity contribution >= 4 is 23.1 Å². The molecular weight excluding hydrogens is 294 g/mol. The lowest BCUT2D eigenvalue weighted by Crippen LogP contribution is -2.29. The van der Waals surface area contributed by atoms with Crippen molar-refractivity contribution in [3.05, 3.63) is 28.8 Å². The summed E-state index contributed by atoms with van der Waals surface area (Å²) in [5.74, 6) is -0.00521. The van der Waals surface area contributed by atoms with E-state index in [4.69, 9.17) is 32.0 Å². The van der Waals surface area contributed by atoms with Crippen LogP contribution in [0, 0.1) is 0 Å². The highest BCUT2D eigenvalue weighted by molar-refractivity contribution is 6.34. The molecule has 0 aromatic heterocycles. The Hall–Kier alpha value is -1.50. The monoisotopic (exact) mass is 315 g/mol. The number of rotatable bonds is 9. The van der Waals surface area contributed by atoms with Crippen LogP contribution in [0.3, 0.4) is 0 Å². The maximum Gasteiger partial charge on any atom is 0.171 e. The molecule has 1 aromatic rings. The normalized spacial score (nSPS) is 11.7. The van der Waals surface area contributed by atoms with E-state index < -0.39 is 0 Å². The van der Waals surface area contributed by atoms with E-state index in [-0.39, 0.29) is 5.84 Å². The highest BCUT2D eigenvalue weighted by atomic mass is 35.5. The fraction of sp³-hybridized carbons (Fsp3) is 0.500.